The molecule has 0 spiro atoms. The Hall–Kier alpha value is -1.72. The summed E-state index contributed by atoms with van der Waals surface area (Å²) >= 11 is 3.53. The molecule has 0 aliphatic heterocycles. The summed E-state index contributed by atoms with van der Waals surface area (Å²) in [7, 11) is 3.76. The van der Waals surface area contributed by atoms with Crippen LogP contribution in [0.15, 0.2) is 34.8 Å². The fraction of sp³-hybridized carbons (Fsp3) is 0.381. The van der Waals surface area contributed by atoms with E-state index in [4.69, 9.17) is 9.72 Å². The number of nitrogens with one attached hydrogen (secondary N) is 1. The van der Waals surface area contributed by atoms with Crippen LogP contribution in [0.25, 0.3) is 11.0 Å². The van der Waals surface area contributed by atoms with Crippen LogP contribution in [0.3, 0.4) is 0 Å². The maximum absolute atomic E-state index is 5.56. The van der Waals surface area contributed by atoms with Gasteiger partial charge in [-0.15, -0.1) is 12.4 Å². The van der Waals surface area contributed by atoms with Gasteiger partial charge in [0, 0.05) is 11.5 Å². The van der Waals surface area contributed by atoms with Crippen molar-refractivity contribution in [3.8, 4) is 5.75 Å². The van der Waals surface area contributed by atoms with Gasteiger partial charge in [-0.25, -0.2) is 4.98 Å². The summed E-state index contributed by atoms with van der Waals surface area (Å²) in [4.78, 5) is 4.84. The van der Waals surface area contributed by atoms with Gasteiger partial charge in [-0.2, -0.15) is 0 Å². The molecular weight excluding hydrogens is 426 g/mol. The standard InChI is InChI=1S/C21H26BrN3O.ClH/c1-6-14(7-2)16-9-8-10-17-20(16)25(4)21(23-17)24-19-13(3)11-15(22)12-18(19)26-5;/h8-12,14H,6-7H2,1-5H3,(H,23,24);1H. The van der Waals surface area contributed by atoms with Crippen LogP contribution in [0.2, 0.25) is 0 Å². The molecule has 1 heterocycles. The first-order valence-corrected chi connectivity index (χ1v) is 9.85. The summed E-state index contributed by atoms with van der Waals surface area (Å²) in [6.07, 6.45) is 2.26. The Kier molecular flexibility index (Phi) is 7.18. The topological polar surface area (TPSA) is 39.1 Å². The van der Waals surface area contributed by atoms with Gasteiger partial charge in [0.15, 0.2) is 0 Å². The Morgan fingerprint density at radius 1 is 1.22 bits per heavy atom. The molecule has 0 bridgehead atoms. The summed E-state index contributed by atoms with van der Waals surface area (Å²) in [6.45, 7) is 6.56. The van der Waals surface area contributed by atoms with Crippen molar-refractivity contribution in [3.05, 3.63) is 45.9 Å². The molecule has 1 N–H and O–H groups in total. The number of ether oxygens (including phenoxy) is 1. The van der Waals surface area contributed by atoms with E-state index >= 15 is 0 Å². The second-order valence-corrected chi connectivity index (χ2v) is 7.56. The zero-order valence-corrected chi connectivity index (χ0v) is 18.9. The lowest BCUT2D eigenvalue weighted by atomic mass is 9.93. The van der Waals surface area contributed by atoms with Gasteiger partial charge in [0.05, 0.1) is 23.8 Å². The van der Waals surface area contributed by atoms with Gasteiger partial charge < -0.3 is 14.6 Å². The highest BCUT2D eigenvalue weighted by atomic mass is 79.9. The highest BCUT2D eigenvalue weighted by Crippen LogP contribution is 2.36. The minimum absolute atomic E-state index is 0. The van der Waals surface area contributed by atoms with Crippen LogP contribution < -0.4 is 10.1 Å². The smallest absolute Gasteiger partial charge is 0.208 e. The number of nitrogens with zero attached hydrogens (tertiary/aromatic N) is 2. The molecule has 0 saturated heterocycles. The number of para-hydroxylation sites is 1. The third-order valence-electron chi connectivity index (χ3n) is 5.07. The zero-order chi connectivity index (χ0) is 18.8. The van der Waals surface area contributed by atoms with E-state index in [1.54, 1.807) is 7.11 Å². The van der Waals surface area contributed by atoms with Gasteiger partial charge in [0.1, 0.15) is 5.75 Å². The van der Waals surface area contributed by atoms with Gasteiger partial charge in [0.2, 0.25) is 5.95 Å². The lowest BCUT2D eigenvalue weighted by Gasteiger charge is -2.16. The number of hydrogen-bond donors (Lipinski definition) is 1. The van der Waals surface area contributed by atoms with Crippen LogP contribution in [0, 0.1) is 6.92 Å². The highest BCUT2D eigenvalue weighted by Gasteiger charge is 2.18. The van der Waals surface area contributed by atoms with Crippen LogP contribution in [-0.2, 0) is 7.05 Å². The van der Waals surface area contributed by atoms with Crippen molar-refractivity contribution >= 4 is 51.0 Å². The van der Waals surface area contributed by atoms with E-state index in [9.17, 15) is 0 Å². The molecule has 0 saturated carbocycles. The first kappa shape index (κ1) is 21.6. The van der Waals surface area contributed by atoms with Gasteiger partial charge in [-0.05, 0) is 55.0 Å². The summed E-state index contributed by atoms with van der Waals surface area (Å²) in [5.41, 5.74) is 5.64. The fourth-order valence-electron chi connectivity index (χ4n) is 3.61. The van der Waals surface area contributed by atoms with Gasteiger partial charge in [0.25, 0.3) is 0 Å². The largest absolute Gasteiger partial charge is 0.495 e. The Balaban J connectivity index is 0.00000261. The van der Waals surface area contributed by atoms with Crippen molar-refractivity contribution in [1.29, 1.82) is 0 Å². The molecule has 3 aromatic rings. The number of benzene rings is 2. The number of halogens is 2. The molecule has 0 amide bonds. The zero-order valence-electron chi connectivity index (χ0n) is 16.5. The molecule has 0 aliphatic carbocycles. The number of hydrogen-bond acceptors (Lipinski definition) is 3. The van der Waals surface area contributed by atoms with Crippen molar-refractivity contribution in [1.82, 2.24) is 9.55 Å². The third-order valence-corrected chi connectivity index (χ3v) is 5.53. The van der Waals surface area contributed by atoms with Crippen molar-refractivity contribution in [3.63, 3.8) is 0 Å². The molecule has 2 aromatic carbocycles. The number of aryl methyl sites for hydroxylation is 2. The number of methoxy groups -OCH3 is 1. The predicted molar refractivity (Wildman–Crippen MR) is 120 cm³/mol. The Morgan fingerprint density at radius 2 is 1.93 bits per heavy atom. The quantitative estimate of drug-likeness (QED) is 0.451. The first-order chi connectivity index (χ1) is 12.5. The second-order valence-electron chi connectivity index (χ2n) is 6.65. The Morgan fingerprint density at radius 3 is 2.56 bits per heavy atom. The lowest BCUT2D eigenvalue weighted by Crippen LogP contribution is -2.04. The minimum Gasteiger partial charge on any atom is -0.495 e. The Bertz CT molecular complexity index is 935. The molecule has 4 nitrogen and oxygen atoms in total. The van der Waals surface area contributed by atoms with Crippen molar-refractivity contribution in [2.75, 3.05) is 12.4 Å². The fourth-order valence-corrected chi connectivity index (χ4v) is 4.17. The molecule has 0 unspecified atom stereocenters. The molecule has 27 heavy (non-hydrogen) atoms. The average molecular weight is 453 g/mol. The van der Waals surface area contributed by atoms with E-state index in [1.807, 2.05) is 6.07 Å². The number of aromatic nitrogens is 2. The molecule has 3 rings (SSSR count). The lowest BCUT2D eigenvalue weighted by molar-refractivity contribution is 0.416. The number of fused-ring (bicyclic) bond motifs is 1. The van der Waals surface area contributed by atoms with Gasteiger partial charge >= 0.3 is 0 Å². The van der Waals surface area contributed by atoms with E-state index in [0.717, 1.165) is 45.8 Å². The normalized spacial score (nSPS) is 10.9. The van der Waals surface area contributed by atoms with E-state index in [2.05, 4.69) is 77.9 Å². The monoisotopic (exact) mass is 451 g/mol. The van der Waals surface area contributed by atoms with E-state index in [0.29, 0.717) is 5.92 Å². The second kappa shape index (κ2) is 8.98. The molecule has 0 aliphatic rings. The average Bonchev–Trinajstić information content (AvgIpc) is 2.94. The maximum atomic E-state index is 5.56. The maximum Gasteiger partial charge on any atom is 0.208 e. The van der Waals surface area contributed by atoms with Gasteiger partial charge in [-0.3, -0.25) is 0 Å². The number of imidazole rings is 1. The Labute approximate surface area is 175 Å². The number of anilines is 2. The van der Waals surface area contributed by atoms with Crippen LogP contribution in [0.4, 0.5) is 11.6 Å². The summed E-state index contributed by atoms with van der Waals surface area (Å²) in [6, 6.07) is 10.5. The SMILES string of the molecule is CCC(CC)c1cccc2nc(Nc3c(C)cc(Br)cc3OC)n(C)c12.Cl. The summed E-state index contributed by atoms with van der Waals surface area (Å²) in [5, 5.41) is 3.48. The molecule has 1 aromatic heterocycles. The molecule has 0 atom stereocenters. The highest BCUT2D eigenvalue weighted by molar-refractivity contribution is 9.10. The van der Waals surface area contributed by atoms with Crippen molar-refractivity contribution < 1.29 is 4.74 Å². The third kappa shape index (κ3) is 4.09. The summed E-state index contributed by atoms with van der Waals surface area (Å²) < 4.78 is 8.72. The van der Waals surface area contributed by atoms with Gasteiger partial charge in [-0.1, -0.05) is 41.9 Å². The number of rotatable bonds is 6. The van der Waals surface area contributed by atoms with E-state index in [-0.39, 0.29) is 12.4 Å². The van der Waals surface area contributed by atoms with Crippen molar-refractivity contribution in [2.24, 2.45) is 7.05 Å². The molecule has 6 heteroatoms. The summed E-state index contributed by atoms with van der Waals surface area (Å²) in [5.74, 6) is 2.16. The van der Waals surface area contributed by atoms with Crippen LogP contribution in [0.5, 0.6) is 5.75 Å². The predicted octanol–water partition coefficient (Wildman–Crippen LogP) is 6.72. The van der Waals surface area contributed by atoms with Crippen LogP contribution in [-0.4, -0.2) is 16.7 Å². The van der Waals surface area contributed by atoms with Crippen molar-refractivity contribution in [2.45, 2.75) is 39.5 Å². The van der Waals surface area contributed by atoms with E-state index < -0.39 is 0 Å². The molecule has 0 radical (unpaired) electrons. The minimum atomic E-state index is 0. The molecular formula is C21H27BrClN3O. The van der Waals surface area contributed by atoms with E-state index in [1.165, 1.54) is 11.1 Å². The van der Waals surface area contributed by atoms with Crippen LogP contribution >= 0.6 is 28.3 Å². The first-order valence-electron chi connectivity index (χ1n) is 9.06. The molecule has 146 valence electrons. The molecule has 0 fully saturated rings. The van der Waals surface area contributed by atoms with Crippen LogP contribution in [0.1, 0.15) is 43.7 Å².